The zero-order valence-corrected chi connectivity index (χ0v) is 15.0. The highest BCUT2D eigenvalue weighted by Crippen LogP contribution is 2.20. The number of carbonyl (C=O) groups is 1. The number of benzene rings is 2. The SMILES string of the molecule is COC(=O)c1ccccc1-n1c(CCl)nc2ccc(Br)cc2c1=O. The van der Waals surface area contributed by atoms with Crippen molar-refractivity contribution in [3.8, 4) is 5.69 Å². The van der Waals surface area contributed by atoms with Crippen LogP contribution in [0.25, 0.3) is 16.6 Å². The van der Waals surface area contributed by atoms with Gasteiger partial charge in [-0.05, 0) is 30.3 Å². The van der Waals surface area contributed by atoms with Crippen LogP contribution in [0.5, 0.6) is 0 Å². The van der Waals surface area contributed by atoms with E-state index in [1.807, 2.05) is 0 Å². The molecule has 3 rings (SSSR count). The van der Waals surface area contributed by atoms with Crippen molar-refractivity contribution >= 4 is 44.4 Å². The maximum atomic E-state index is 13.0. The minimum Gasteiger partial charge on any atom is -0.465 e. The molecule has 0 spiro atoms. The van der Waals surface area contributed by atoms with Crippen LogP contribution in [-0.4, -0.2) is 22.6 Å². The lowest BCUT2D eigenvalue weighted by atomic mass is 10.1. The van der Waals surface area contributed by atoms with Crippen LogP contribution in [-0.2, 0) is 10.6 Å². The summed E-state index contributed by atoms with van der Waals surface area (Å²) in [5, 5.41) is 0.429. The highest BCUT2D eigenvalue weighted by molar-refractivity contribution is 9.10. The Morgan fingerprint density at radius 2 is 2.04 bits per heavy atom. The molecule has 1 aromatic heterocycles. The van der Waals surface area contributed by atoms with E-state index in [0.29, 0.717) is 22.4 Å². The number of fused-ring (bicyclic) bond motifs is 1. The van der Waals surface area contributed by atoms with Gasteiger partial charge in [0, 0.05) is 4.47 Å². The second-order valence-corrected chi connectivity index (χ2v) is 6.16. The molecule has 122 valence electrons. The molecule has 0 radical (unpaired) electrons. The fourth-order valence-corrected chi connectivity index (χ4v) is 3.03. The number of hydrogen-bond acceptors (Lipinski definition) is 4. The Balaban J connectivity index is 2.40. The van der Waals surface area contributed by atoms with Crippen LogP contribution in [0.1, 0.15) is 16.2 Å². The number of nitrogens with zero attached hydrogens (tertiary/aromatic N) is 2. The summed E-state index contributed by atoms with van der Waals surface area (Å²) < 4.78 is 6.92. The molecule has 0 amide bonds. The minimum absolute atomic E-state index is 0.0246. The molecule has 0 unspecified atom stereocenters. The van der Waals surface area contributed by atoms with Crippen molar-refractivity contribution < 1.29 is 9.53 Å². The number of ether oxygens (including phenoxy) is 1. The number of carbonyl (C=O) groups excluding carboxylic acids is 1. The molecular formula is C17H12BrClN2O3. The van der Waals surface area contributed by atoms with Gasteiger partial charge in [0.25, 0.3) is 5.56 Å². The predicted octanol–water partition coefficient (Wildman–Crippen LogP) is 3.67. The monoisotopic (exact) mass is 406 g/mol. The first-order valence-electron chi connectivity index (χ1n) is 7.01. The Bertz CT molecular complexity index is 1000. The van der Waals surface area contributed by atoms with Crippen LogP contribution >= 0.6 is 27.5 Å². The molecule has 7 heteroatoms. The van der Waals surface area contributed by atoms with E-state index < -0.39 is 5.97 Å². The normalized spacial score (nSPS) is 10.8. The van der Waals surface area contributed by atoms with Crippen LogP contribution in [0.15, 0.2) is 51.7 Å². The van der Waals surface area contributed by atoms with E-state index in [1.54, 1.807) is 42.5 Å². The van der Waals surface area contributed by atoms with Gasteiger partial charge in [-0.3, -0.25) is 9.36 Å². The number of esters is 1. The first-order valence-corrected chi connectivity index (χ1v) is 8.34. The Morgan fingerprint density at radius 3 is 2.75 bits per heavy atom. The van der Waals surface area contributed by atoms with Crippen LogP contribution in [0.3, 0.4) is 0 Å². The summed E-state index contributed by atoms with van der Waals surface area (Å²) in [6.07, 6.45) is 0. The predicted molar refractivity (Wildman–Crippen MR) is 95.9 cm³/mol. The number of aromatic nitrogens is 2. The third-order valence-corrected chi connectivity index (χ3v) is 4.30. The summed E-state index contributed by atoms with van der Waals surface area (Å²) in [6.45, 7) is 0. The molecule has 5 nitrogen and oxygen atoms in total. The van der Waals surface area contributed by atoms with E-state index in [2.05, 4.69) is 20.9 Å². The number of para-hydroxylation sites is 1. The smallest absolute Gasteiger partial charge is 0.339 e. The van der Waals surface area contributed by atoms with Crippen molar-refractivity contribution in [2.45, 2.75) is 5.88 Å². The average Bonchev–Trinajstić information content (AvgIpc) is 2.61. The Labute approximate surface area is 151 Å². The fraction of sp³-hybridized carbons (Fsp3) is 0.118. The van der Waals surface area contributed by atoms with Gasteiger partial charge in [-0.1, -0.05) is 28.1 Å². The quantitative estimate of drug-likeness (QED) is 0.491. The van der Waals surface area contributed by atoms with Crippen molar-refractivity contribution in [2.75, 3.05) is 7.11 Å². The summed E-state index contributed by atoms with van der Waals surface area (Å²) in [7, 11) is 1.29. The molecule has 0 saturated heterocycles. The van der Waals surface area contributed by atoms with Gasteiger partial charge in [-0.15, -0.1) is 11.6 Å². The largest absolute Gasteiger partial charge is 0.465 e. The van der Waals surface area contributed by atoms with E-state index in [1.165, 1.54) is 11.7 Å². The van der Waals surface area contributed by atoms with Crippen LogP contribution in [0, 0.1) is 0 Å². The molecule has 24 heavy (non-hydrogen) atoms. The van der Waals surface area contributed by atoms with E-state index in [0.717, 1.165) is 4.47 Å². The maximum absolute atomic E-state index is 13.0. The third-order valence-electron chi connectivity index (χ3n) is 3.57. The third kappa shape index (κ3) is 2.83. The van der Waals surface area contributed by atoms with Gasteiger partial charge >= 0.3 is 5.97 Å². The molecule has 0 atom stereocenters. The van der Waals surface area contributed by atoms with Gasteiger partial charge in [0.05, 0.1) is 35.1 Å². The van der Waals surface area contributed by atoms with E-state index in [9.17, 15) is 9.59 Å². The van der Waals surface area contributed by atoms with Crippen LogP contribution in [0.2, 0.25) is 0 Å². The summed E-state index contributed by atoms with van der Waals surface area (Å²) in [6, 6.07) is 11.9. The Kier molecular flexibility index (Phi) is 4.69. The number of alkyl halides is 1. The molecule has 0 aliphatic rings. The lowest BCUT2D eigenvalue weighted by Gasteiger charge is -2.14. The lowest BCUT2D eigenvalue weighted by molar-refractivity contribution is 0.0600. The molecule has 3 aromatic rings. The highest BCUT2D eigenvalue weighted by atomic mass is 79.9. The van der Waals surface area contributed by atoms with Crippen molar-refractivity contribution in [1.82, 2.24) is 9.55 Å². The molecule has 1 heterocycles. The number of methoxy groups -OCH3 is 1. The zero-order chi connectivity index (χ0) is 17.3. The van der Waals surface area contributed by atoms with Crippen molar-refractivity contribution in [2.24, 2.45) is 0 Å². The number of hydrogen-bond donors (Lipinski definition) is 0. The molecular weight excluding hydrogens is 396 g/mol. The van der Waals surface area contributed by atoms with Crippen molar-refractivity contribution in [3.63, 3.8) is 0 Å². The maximum Gasteiger partial charge on any atom is 0.339 e. The Hall–Kier alpha value is -2.18. The van der Waals surface area contributed by atoms with Crippen LogP contribution in [0.4, 0.5) is 0 Å². The van der Waals surface area contributed by atoms with Gasteiger partial charge in [0.1, 0.15) is 5.82 Å². The zero-order valence-electron chi connectivity index (χ0n) is 12.6. The Morgan fingerprint density at radius 1 is 1.29 bits per heavy atom. The molecule has 0 N–H and O–H groups in total. The first-order chi connectivity index (χ1) is 11.6. The van der Waals surface area contributed by atoms with Gasteiger partial charge < -0.3 is 4.74 Å². The van der Waals surface area contributed by atoms with E-state index in [-0.39, 0.29) is 17.0 Å². The van der Waals surface area contributed by atoms with Crippen molar-refractivity contribution in [1.29, 1.82) is 0 Å². The summed E-state index contributed by atoms with van der Waals surface area (Å²) in [5.74, 6) is -0.156. The summed E-state index contributed by atoms with van der Waals surface area (Å²) >= 11 is 9.36. The summed E-state index contributed by atoms with van der Waals surface area (Å²) in [4.78, 5) is 29.5. The second kappa shape index (κ2) is 6.75. The standard InChI is InChI=1S/C17H12BrClN2O3/c1-24-17(23)11-4-2-3-5-14(11)21-15(9-19)20-13-7-6-10(18)8-12(13)16(21)22/h2-8H,9H2,1H3. The molecule has 0 aliphatic heterocycles. The molecule has 0 fully saturated rings. The minimum atomic E-state index is -0.535. The molecule has 0 saturated carbocycles. The van der Waals surface area contributed by atoms with Gasteiger partial charge in [0.15, 0.2) is 0 Å². The van der Waals surface area contributed by atoms with Gasteiger partial charge in [-0.25, -0.2) is 9.78 Å². The number of halogens is 2. The van der Waals surface area contributed by atoms with Crippen LogP contribution < -0.4 is 5.56 Å². The molecule has 2 aromatic carbocycles. The highest BCUT2D eigenvalue weighted by Gasteiger charge is 2.18. The second-order valence-electron chi connectivity index (χ2n) is 4.97. The van der Waals surface area contributed by atoms with Crippen molar-refractivity contribution in [3.05, 3.63) is 68.7 Å². The fourth-order valence-electron chi connectivity index (χ4n) is 2.49. The van der Waals surface area contributed by atoms with Gasteiger partial charge in [0.2, 0.25) is 0 Å². The van der Waals surface area contributed by atoms with E-state index in [4.69, 9.17) is 16.3 Å². The first kappa shape index (κ1) is 16.7. The molecule has 0 bridgehead atoms. The molecule has 0 aliphatic carbocycles. The topological polar surface area (TPSA) is 61.2 Å². The lowest BCUT2D eigenvalue weighted by Crippen LogP contribution is -2.25. The average molecular weight is 408 g/mol. The van der Waals surface area contributed by atoms with Gasteiger partial charge in [-0.2, -0.15) is 0 Å². The number of rotatable bonds is 3. The summed E-state index contributed by atoms with van der Waals surface area (Å²) in [5.41, 5.74) is 0.906. The van der Waals surface area contributed by atoms with E-state index >= 15 is 0 Å².